The number of rotatable bonds is 3. The fourth-order valence-electron chi connectivity index (χ4n) is 2.48. The number of imidazole rings is 1. The van der Waals surface area contributed by atoms with Crippen LogP contribution in [0, 0.1) is 0 Å². The molecule has 1 saturated heterocycles. The number of anilines is 2. The zero-order chi connectivity index (χ0) is 14.8. The van der Waals surface area contributed by atoms with E-state index in [4.69, 9.17) is 4.74 Å². The van der Waals surface area contributed by atoms with Crippen molar-refractivity contribution in [1.29, 1.82) is 0 Å². The highest BCUT2D eigenvalue weighted by Crippen LogP contribution is 2.16. The third kappa shape index (κ3) is 2.46. The highest BCUT2D eigenvalue weighted by Gasteiger charge is 2.15. The summed E-state index contributed by atoms with van der Waals surface area (Å²) in [5.41, 5.74) is 2.54. The Hall–Kier alpha value is -2.67. The van der Waals surface area contributed by atoms with E-state index in [9.17, 15) is 0 Å². The number of morpholine rings is 1. The summed E-state index contributed by atoms with van der Waals surface area (Å²) < 4.78 is 7.37. The number of aromatic nitrogens is 4. The van der Waals surface area contributed by atoms with E-state index >= 15 is 0 Å². The zero-order valence-corrected chi connectivity index (χ0v) is 12.0. The molecule has 0 atom stereocenters. The van der Waals surface area contributed by atoms with Crippen LogP contribution in [0.5, 0.6) is 0 Å². The van der Waals surface area contributed by atoms with Gasteiger partial charge in [0.1, 0.15) is 11.8 Å². The van der Waals surface area contributed by atoms with Gasteiger partial charge in [0.2, 0.25) is 5.95 Å². The largest absolute Gasteiger partial charge is 0.378 e. The van der Waals surface area contributed by atoms with Crippen molar-refractivity contribution < 1.29 is 4.74 Å². The number of hydrogen-bond acceptors (Lipinski definition) is 6. The first kappa shape index (κ1) is 13.0. The van der Waals surface area contributed by atoms with E-state index < -0.39 is 0 Å². The summed E-state index contributed by atoms with van der Waals surface area (Å²) in [7, 11) is 0. The first-order valence-electron chi connectivity index (χ1n) is 7.25. The van der Waals surface area contributed by atoms with E-state index in [1.54, 1.807) is 12.5 Å². The lowest BCUT2D eigenvalue weighted by atomic mass is 10.3. The lowest BCUT2D eigenvalue weighted by molar-refractivity contribution is 0.112. The first-order chi connectivity index (χ1) is 10.9. The zero-order valence-electron chi connectivity index (χ0n) is 12.0. The Kier molecular flexibility index (Phi) is 3.32. The molecule has 3 heterocycles. The van der Waals surface area contributed by atoms with E-state index in [0.717, 1.165) is 43.2 Å². The molecule has 4 rings (SSSR count). The molecule has 3 aromatic rings. The molecule has 2 aromatic heterocycles. The molecule has 7 nitrogen and oxygen atoms in total. The Morgan fingerprint density at radius 3 is 2.68 bits per heavy atom. The summed E-state index contributed by atoms with van der Waals surface area (Å²) in [5.74, 6) is 0.564. The predicted molar refractivity (Wildman–Crippen MR) is 83.8 cm³/mol. The quantitative estimate of drug-likeness (QED) is 0.790. The summed E-state index contributed by atoms with van der Waals surface area (Å²) in [5, 5.41) is 5.39. The van der Waals surface area contributed by atoms with Crippen LogP contribution in [0.4, 0.5) is 11.6 Å². The van der Waals surface area contributed by atoms with Gasteiger partial charge in [-0.25, -0.2) is 14.6 Å². The molecule has 112 valence electrons. The third-order valence-electron chi connectivity index (χ3n) is 3.60. The van der Waals surface area contributed by atoms with Crippen molar-refractivity contribution in [3.63, 3.8) is 0 Å². The molecular formula is C15H16N6O. The van der Waals surface area contributed by atoms with Crippen LogP contribution in [0.1, 0.15) is 0 Å². The molecule has 0 radical (unpaired) electrons. The van der Waals surface area contributed by atoms with Gasteiger partial charge in [-0.1, -0.05) is 18.2 Å². The summed E-state index contributed by atoms with van der Waals surface area (Å²) in [6.07, 6.45) is 3.53. The average molecular weight is 296 g/mol. The molecule has 7 heteroatoms. The van der Waals surface area contributed by atoms with Crippen molar-refractivity contribution >= 4 is 22.8 Å². The van der Waals surface area contributed by atoms with Crippen molar-refractivity contribution in [3.8, 4) is 0 Å². The number of nitrogens with zero attached hydrogens (tertiary/aromatic N) is 5. The molecule has 0 spiro atoms. The van der Waals surface area contributed by atoms with Crippen LogP contribution in [0.25, 0.3) is 11.2 Å². The van der Waals surface area contributed by atoms with E-state index in [2.05, 4.69) is 25.3 Å². The summed E-state index contributed by atoms with van der Waals surface area (Å²) in [6.45, 7) is 3.10. The number of hydrogen-bond donors (Lipinski definition) is 1. The molecular weight excluding hydrogens is 280 g/mol. The minimum Gasteiger partial charge on any atom is -0.378 e. The summed E-state index contributed by atoms with van der Waals surface area (Å²) in [6, 6.07) is 9.88. The second-order valence-corrected chi connectivity index (χ2v) is 5.05. The molecule has 1 aromatic carbocycles. The van der Waals surface area contributed by atoms with Gasteiger partial charge < -0.3 is 15.1 Å². The van der Waals surface area contributed by atoms with Crippen molar-refractivity contribution in [3.05, 3.63) is 42.9 Å². The molecule has 0 bridgehead atoms. The average Bonchev–Trinajstić information content (AvgIpc) is 3.00. The second kappa shape index (κ2) is 5.61. The Morgan fingerprint density at radius 1 is 1.05 bits per heavy atom. The van der Waals surface area contributed by atoms with Crippen LogP contribution < -0.4 is 10.3 Å². The molecule has 0 amide bonds. The van der Waals surface area contributed by atoms with Gasteiger partial charge in [0, 0.05) is 5.69 Å². The minimum absolute atomic E-state index is 0.564. The topological polar surface area (TPSA) is 68.1 Å². The van der Waals surface area contributed by atoms with Crippen molar-refractivity contribution in [2.24, 2.45) is 0 Å². The predicted octanol–water partition coefficient (Wildman–Crippen LogP) is 1.54. The molecule has 1 fully saturated rings. The van der Waals surface area contributed by atoms with Gasteiger partial charge in [-0.2, -0.15) is 4.98 Å². The van der Waals surface area contributed by atoms with Crippen LogP contribution >= 0.6 is 0 Å². The molecule has 0 unspecified atom stereocenters. The molecule has 1 aliphatic rings. The van der Waals surface area contributed by atoms with Gasteiger partial charge in [-0.05, 0) is 12.1 Å². The number of benzene rings is 1. The van der Waals surface area contributed by atoms with Crippen LogP contribution in [0.15, 0.2) is 42.9 Å². The highest BCUT2D eigenvalue weighted by molar-refractivity contribution is 5.72. The van der Waals surface area contributed by atoms with E-state index in [0.29, 0.717) is 5.95 Å². The van der Waals surface area contributed by atoms with Gasteiger partial charge in [0.25, 0.3) is 0 Å². The molecule has 1 aliphatic heterocycles. The van der Waals surface area contributed by atoms with Crippen LogP contribution in [-0.4, -0.2) is 45.9 Å². The first-order valence-corrected chi connectivity index (χ1v) is 7.25. The minimum atomic E-state index is 0.564. The lowest BCUT2D eigenvalue weighted by Gasteiger charge is -2.29. The van der Waals surface area contributed by atoms with Gasteiger partial charge in [-0.3, -0.25) is 0 Å². The number of nitrogens with one attached hydrogen (secondary N) is 1. The maximum atomic E-state index is 5.39. The summed E-state index contributed by atoms with van der Waals surface area (Å²) in [4.78, 5) is 13.3. The lowest BCUT2D eigenvalue weighted by Crippen LogP contribution is -2.43. The number of ether oxygens (including phenoxy) is 1. The van der Waals surface area contributed by atoms with Crippen molar-refractivity contribution in [2.45, 2.75) is 0 Å². The molecule has 0 aliphatic carbocycles. The van der Waals surface area contributed by atoms with E-state index in [1.165, 1.54) is 0 Å². The number of para-hydroxylation sites is 1. The van der Waals surface area contributed by atoms with Gasteiger partial charge in [0.05, 0.1) is 32.5 Å². The standard InChI is InChI=1S/C15H16N6O/c1-2-4-12(5-3-1)18-15-16-10-13-14(19-15)21(11-17-13)20-6-8-22-9-7-20/h1-5,10-11H,6-9H2,(H,16,18,19). The third-order valence-corrected chi connectivity index (χ3v) is 3.60. The van der Waals surface area contributed by atoms with Crippen LogP contribution in [0.2, 0.25) is 0 Å². The monoisotopic (exact) mass is 296 g/mol. The Morgan fingerprint density at radius 2 is 1.86 bits per heavy atom. The van der Waals surface area contributed by atoms with Gasteiger partial charge >= 0.3 is 0 Å². The fraction of sp³-hybridized carbons (Fsp3) is 0.267. The smallest absolute Gasteiger partial charge is 0.229 e. The number of fused-ring (bicyclic) bond motifs is 1. The summed E-state index contributed by atoms with van der Waals surface area (Å²) >= 11 is 0. The van der Waals surface area contributed by atoms with Gasteiger partial charge in [-0.15, -0.1) is 0 Å². The Labute approximate surface area is 127 Å². The molecule has 22 heavy (non-hydrogen) atoms. The van der Waals surface area contributed by atoms with Crippen molar-refractivity contribution in [2.75, 3.05) is 36.6 Å². The van der Waals surface area contributed by atoms with Crippen LogP contribution in [0.3, 0.4) is 0 Å². The SMILES string of the molecule is c1ccc(Nc2ncc3ncn(N4CCOCC4)c3n2)cc1. The Balaban J connectivity index is 1.67. The maximum Gasteiger partial charge on any atom is 0.229 e. The van der Waals surface area contributed by atoms with Crippen LogP contribution in [-0.2, 0) is 4.74 Å². The molecule has 0 saturated carbocycles. The van der Waals surface area contributed by atoms with E-state index in [-0.39, 0.29) is 0 Å². The fourth-order valence-corrected chi connectivity index (χ4v) is 2.48. The maximum absolute atomic E-state index is 5.39. The van der Waals surface area contributed by atoms with Gasteiger partial charge in [0.15, 0.2) is 5.65 Å². The normalized spacial score (nSPS) is 15.2. The second-order valence-electron chi connectivity index (χ2n) is 5.05. The van der Waals surface area contributed by atoms with Crippen molar-refractivity contribution in [1.82, 2.24) is 19.6 Å². The van der Waals surface area contributed by atoms with E-state index in [1.807, 2.05) is 35.0 Å². The Bertz CT molecular complexity index is 766. The molecule has 1 N–H and O–H groups in total. The highest BCUT2D eigenvalue weighted by atomic mass is 16.5.